The van der Waals surface area contributed by atoms with Crippen LogP contribution in [-0.4, -0.2) is 12.6 Å². The largest absolute Gasteiger partial charge is 0.367 e. The highest BCUT2D eigenvalue weighted by atomic mass is 35.5. The van der Waals surface area contributed by atoms with Gasteiger partial charge in [-0.3, -0.25) is 0 Å². The van der Waals surface area contributed by atoms with Crippen molar-refractivity contribution >= 4 is 17.3 Å². The Labute approximate surface area is 101 Å². The summed E-state index contributed by atoms with van der Waals surface area (Å²) in [6.07, 6.45) is 0.948. The van der Waals surface area contributed by atoms with E-state index in [4.69, 9.17) is 16.9 Å². The van der Waals surface area contributed by atoms with E-state index in [0.29, 0.717) is 0 Å². The zero-order valence-electron chi connectivity index (χ0n) is 9.57. The van der Waals surface area contributed by atoms with Crippen LogP contribution >= 0.6 is 11.6 Å². The topological polar surface area (TPSA) is 27.0 Å². The molecule has 0 aliphatic carbocycles. The summed E-state index contributed by atoms with van der Waals surface area (Å²) < 4.78 is 0. The molecule has 16 heavy (non-hydrogen) atoms. The van der Waals surface area contributed by atoms with Crippen molar-refractivity contribution in [2.75, 3.05) is 11.4 Å². The van der Waals surface area contributed by atoms with Gasteiger partial charge in [-0.25, -0.2) is 0 Å². The van der Waals surface area contributed by atoms with E-state index in [1.807, 2.05) is 18.2 Å². The number of hydrogen-bond acceptors (Lipinski definition) is 2. The van der Waals surface area contributed by atoms with E-state index in [0.717, 1.165) is 23.7 Å². The van der Waals surface area contributed by atoms with Gasteiger partial charge in [0.15, 0.2) is 0 Å². The molecule has 1 aliphatic rings. The maximum Gasteiger partial charge on any atom is 0.0681 e. The molecule has 2 rings (SSSR count). The first kappa shape index (κ1) is 11.3. The van der Waals surface area contributed by atoms with Crippen molar-refractivity contribution in [1.29, 1.82) is 5.26 Å². The number of rotatable bonds is 1. The Balaban J connectivity index is 2.32. The Morgan fingerprint density at radius 1 is 1.50 bits per heavy atom. The summed E-state index contributed by atoms with van der Waals surface area (Å²) in [6, 6.07) is 8.58. The Bertz CT molecular complexity index is 436. The molecule has 0 radical (unpaired) electrons. The lowest BCUT2D eigenvalue weighted by Gasteiger charge is -2.26. The van der Waals surface area contributed by atoms with E-state index in [9.17, 15) is 0 Å². The summed E-state index contributed by atoms with van der Waals surface area (Å²) in [7, 11) is 0. The summed E-state index contributed by atoms with van der Waals surface area (Å²) in [5, 5.41) is 9.78. The fraction of sp³-hybridized carbons (Fsp3) is 0.462. The minimum absolute atomic E-state index is 0.137. The molecule has 0 bridgehead atoms. The molecule has 0 amide bonds. The van der Waals surface area contributed by atoms with Crippen LogP contribution in [0.25, 0.3) is 0 Å². The molecule has 1 heterocycles. The van der Waals surface area contributed by atoms with Crippen LogP contribution in [0, 0.1) is 24.2 Å². The van der Waals surface area contributed by atoms with E-state index in [1.165, 1.54) is 5.56 Å². The van der Waals surface area contributed by atoms with Crippen LogP contribution in [0.5, 0.6) is 0 Å². The molecule has 1 fully saturated rings. The van der Waals surface area contributed by atoms with E-state index in [2.05, 4.69) is 24.8 Å². The minimum atomic E-state index is 0.137. The molecule has 3 heteroatoms. The minimum Gasteiger partial charge on any atom is -0.367 e. The van der Waals surface area contributed by atoms with Crippen molar-refractivity contribution in [2.45, 2.75) is 26.3 Å². The first-order chi connectivity index (χ1) is 7.63. The number of aryl methyl sites for hydroxylation is 1. The third-order valence-electron chi connectivity index (χ3n) is 3.40. The first-order valence-electron chi connectivity index (χ1n) is 5.56. The molecule has 1 saturated heterocycles. The maximum atomic E-state index is 9.02. The summed E-state index contributed by atoms with van der Waals surface area (Å²) in [4.78, 5) is 2.29. The van der Waals surface area contributed by atoms with Crippen LogP contribution in [0.1, 0.15) is 18.9 Å². The van der Waals surface area contributed by atoms with Crippen LogP contribution in [0.2, 0.25) is 5.02 Å². The highest BCUT2D eigenvalue weighted by Gasteiger charge is 2.31. The van der Waals surface area contributed by atoms with E-state index < -0.39 is 0 Å². The zero-order valence-corrected chi connectivity index (χ0v) is 10.3. The molecular weight excluding hydrogens is 220 g/mol. The molecule has 1 aromatic carbocycles. The summed E-state index contributed by atoms with van der Waals surface area (Å²) in [5.41, 5.74) is 2.38. The third-order valence-corrected chi connectivity index (χ3v) is 3.64. The number of halogens is 1. The van der Waals surface area contributed by atoms with E-state index >= 15 is 0 Å². The Hall–Kier alpha value is -1.20. The van der Waals surface area contributed by atoms with Gasteiger partial charge in [0.25, 0.3) is 0 Å². The molecule has 2 nitrogen and oxygen atoms in total. The SMILES string of the molecule is Cc1ccc(Cl)cc1N1CCC(C#N)C1C. The normalized spacial score (nSPS) is 24.5. The van der Waals surface area contributed by atoms with Crippen molar-refractivity contribution < 1.29 is 0 Å². The van der Waals surface area contributed by atoms with Crippen LogP contribution in [-0.2, 0) is 0 Å². The van der Waals surface area contributed by atoms with Gasteiger partial charge in [-0.05, 0) is 38.0 Å². The molecule has 0 saturated carbocycles. The molecule has 1 aromatic rings. The Morgan fingerprint density at radius 2 is 2.25 bits per heavy atom. The second kappa shape index (κ2) is 4.35. The monoisotopic (exact) mass is 234 g/mol. The van der Waals surface area contributed by atoms with Gasteiger partial charge in [0.1, 0.15) is 0 Å². The predicted molar refractivity (Wildman–Crippen MR) is 66.7 cm³/mol. The number of anilines is 1. The number of nitrogens with zero attached hydrogens (tertiary/aromatic N) is 2. The number of nitriles is 1. The third kappa shape index (κ3) is 1.88. The van der Waals surface area contributed by atoms with Gasteiger partial charge >= 0.3 is 0 Å². The van der Waals surface area contributed by atoms with E-state index in [-0.39, 0.29) is 12.0 Å². The average Bonchev–Trinajstić information content (AvgIpc) is 2.63. The van der Waals surface area contributed by atoms with Gasteiger partial charge in [-0.15, -0.1) is 0 Å². The fourth-order valence-electron chi connectivity index (χ4n) is 2.34. The van der Waals surface area contributed by atoms with Crippen molar-refractivity contribution in [3.05, 3.63) is 28.8 Å². The second-order valence-corrected chi connectivity index (χ2v) is 4.83. The van der Waals surface area contributed by atoms with Crippen molar-refractivity contribution in [1.82, 2.24) is 0 Å². The molecule has 0 N–H and O–H groups in total. The maximum absolute atomic E-state index is 9.02. The van der Waals surface area contributed by atoms with Crippen LogP contribution in [0.4, 0.5) is 5.69 Å². The number of hydrogen-bond donors (Lipinski definition) is 0. The predicted octanol–water partition coefficient (Wildman–Crippen LogP) is 3.39. The second-order valence-electron chi connectivity index (χ2n) is 4.39. The highest BCUT2D eigenvalue weighted by Crippen LogP contribution is 2.32. The lowest BCUT2D eigenvalue weighted by Crippen LogP contribution is -2.30. The summed E-state index contributed by atoms with van der Waals surface area (Å²) in [5.74, 6) is 0.137. The molecule has 2 unspecified atom stereocenters. The standard InChI is InChI=1S/C13H15ClN2/c1-9-3-4-12(14)7-13(9)16-6-5-11(8-15)10(16)2/h3-4,7,10-11H,5-6H2,1-2H3. The van der Waals surface area contributed by atoms with Crippen molar-refractivity contribution in [2.24, 2.45) is 5.92 Å². The number of benzene rings is 1. The van der Waals surface area contributed by atoms with Crippen LogP contribution in [0.15, 0.2) is 18.2 Å². The first-order valence-corrected chi connectivity index (χ1v) is 5.93. The Kier molecular flexibility index (Phi) is 3.07. The van der Waals surface area contributed by atoms with Gasteiger partial charge in [0.05, 0.1) is 12.0 Å². The van der Waals surface area contributed by atoms with Crippen molar-refractivity contribution in [3.63, 3.8) is 0 Å². The molecule has 1 aliphatic heterocycles. The van der Waals surface area contributed by atoms with Gasteiger partial charge in [0.2, 0.25) is 0 Å². The van der Waals surface area contributed by atoms with Gasteiger partial charge in [-0.2, -0.15) is 5.26 Å². The molecule has 0 aromatic heterocycles. The van der Waals surface area contributed by atoms with Crippen LogP contribution < -0.4 is 4.90 Å². The smallest absolute Gasteiger partial charge is 0.0681 e. The van der Waals surface area contributed by atoms with Crippen molar-refractivity contribution in [3.8, 4) is 6.07 Å². The van der Waals surface area contributed by atoms with Crippen LogP contribution in [0.3, 0.4) is 0 Å². The zero-order chi connectivity index (χ0) is 11.7. The van der Waals surface area contributed by atoms with E-state index in [1.54, 1.807) is 0 Å². The Morgan fingerprint density at radius 3 is 2.88 bits per heavy atom. The van der Waals surface area contributed by atoms with Gasteiger partial charge < -0.3 is 4.90 Å². The lowest BCUT2D eigenvalue weighted by molar-refractivity contribution is 0.615. The average molecular weight is 235 g/mol. The summed E-state index contributed by atoms with van der Waals surface area (Å²) >= 11 is 6.02. The quantitative estimate of drug-likeness (QED) is 0.745. The molecular formula is C13H15ClN2. The van der Waals surface area contributed by atoms with Gasteiger partial charge in [0, 0.05) is 23.3 Å². The fourth-order valence-corrected chi connectivity index (χ4v) is 2.51. The molecule has 84 valence electrons. The highest BCUT2D eigenvalue weighted by molar-refractivity contribution is 6.30. The molecule has 2 atom stereocenters. The lowest BCUT2D eigenvalue weighted by atomic mass is 10.0. The summed E-state index contributed by atoms with van der Waals surface area (Å²) in [6.45, 7) is 5.14. The molecule has 0 spiro atoms. The van der Waals surface area contributed by atoms with Gasteiger partial charge in [-0.1, -0.05) is 17.7 Å².